The highest BCUT2D eigenvalue weighted by Crippen LogP contribution is 2.26. The molecule has 2 amide bonds. The van der Waals surface area contributed by atoms with Gasteiger partial charge < -0.3 is 16.0 Å². The summed E-state index contributed by atoms with van der Waals surface area (Å²) in [6.07, 6.45) is 1.76. The lowest BCUT2D eigenvalue weighted by atomic mass is 10.1. The summed E-state index contributed by atoms with van der Waals surface area (Å²) in [4.78, 5) is 33.3. The van der Waals surface area contributed by atoms with E-state index < -0.39 is 0 Å². The highest BCUT2D eigenvalue weighted by molar-refractivity contribution is 9.10. The molecule has 7 nitrogen and oxygen atoms in total. The van der Waals surface area contributed by atoms with E-state index in [4.69, 9.17) is 0 Å². The van der Waals surface area contributed by atoms with E-state index in [1.165, 1.54) is 0 Å². The molecule has 0 aliphatic heterocycles. The fraction of sp³-hybridized carbons (Fsp3) is 0.0833. The maximum absolute atomic E-state index is 12.7. The normalized spacial score (nSPS) is 10.6. The van der Waals surface area contributed by atoms with E-state index in [2.05, 4.69) is 41.8 Å². The van der Waals surface area contributed by atoms with Crippen molar-refractivity contribution >= 4 is 56.0 Å². The lowest BCUT2D eigenvalue weighted by molar-refractivity contribution is 0.0961. The zero-order valence-electron chi connectivity index (χ0n) is 17.4. The number of rotatable bonds is 5. The number of para-hydroxylation sites is 1. The molecule has 1 aromatic heterocycles. The molecule has 0 saturated heterocycles. The van der Waals surface area contributed by atoms with Gasteiger partial charge in [-0.15, -0.1) is 0 Å². The zero-order chi connectivity index (χ0) is 22.7. The molecule has 4 rings (SSSR count). The minimum atomic E-state index is -0.264. The molecular weight excluding hydrogens is 470 g/mol. The molecule has 0 spiro atoms. The first-order chi connectivity index (χ1) is 15.4. The van der Waals surface area contributed by atoms with Gasteiger partial charge in [0.2, 0.25) is 5.95 Å². The predicted octanol–water partition coefficient (Wildman–Crippen LogP) is 5.06. The Bertz CT molecular complexity index is 1320. The van der Waals surface area contributed by atoms with Crippen LogP contribution in [0.3, 0.4) is 0 Å². The third-order valence-electron chi connectivity index (χ3n) is 4.94. The lowest BCUT2D eigenvalue weighted by Gasteiger charge is -2.12. The summed E-state index contributed by atoms with van der Waals surface area (Å²) in [5.41, 5.74) is 4.08. The van der Waals surface area contributed by atoms with E-state index in [9.17, 15) is 9.59 Å². The number of benzene rings is 3. The topological polar surface area (TPSA) is 96.0 Å². The van der Waals surface area contributed by atoms with Crippen molar-refractivity contribution in [3.63, 3.8) is 0 Å². The van der Waals surface area contributed by atoms with Crippen molar-refractivity contribution in [2.24, 2.45) is 0 Å². The van der Waals surface area contributed by atoms with Crippen LogP contribution in [0.25, 0.3) is 10.9 Å². The van der Waals surface area contributed by atoms with Crippen LogP contribution in [-0.2, 0) is 0 Å². The smallest absolute Gasteiger partial charge is 0.255 e. The van der Waals surface area contributed by atoms with E-state index in [1.807, 2.05) is 43.3 Å². The average Bonchev–Trinajstić information content (AvgIpc) is 2.81. The molecule has 0 radical (unpaired) electrons. The summed E-state index contributed by atoms with van der Waals surface area (Å²) in [6.45, 7) is 1.91. The largest absolute Gasteiger partial charge is 0.355 e. The van der Waals surface area contributed by atoms with Gasteiger partial charge in [0.25, 0.3) is 11.8 Å². The summed E-state index contributed by atoms with van der Waals surface area (Å²) in [5.74, 6) is -0.00979. The number of carbonyl (C=O) groups excluding carboxylic acids is 2. The van der Waals surface area contributed by atoms with Crippen LogP contribution >= 0.6 is 15.9 Å². The monoisotopic (exact) mass is 489 g/mol. The SMILES string of the molecule is CNC(=O)c1ccc(C(=O)Nc2cc(Nc3ncc4cccc(Br)c4n3)ccc2C)cc1. The Hall–Kier alpha value is -3.78. The van der Waals surface area contributed by atoms with Crippen LogP contribution in [0, 0.1) is 6.92 Å². The molecule has 0 saturated carbocycles. The standard InChI is InChI=1S/C24H20BrN5O2/c1-14-6-11-18(28-24-27-13-17-4-3-5-19(25)21(17)30-24)12-20(14)29-23(32)16-9-7-15(8-10-16)22(31)26-2/h3-13H,1-2H3,(H,26,31)(H,29,32)(H,27,28,30). The number of amides is 2. The van der Waals surface area contributed by atoms with Crippen molar-refractivity contribution in [1.29, 1.82) is 0 Å². The van der Waals surface area contributed by atoms with Crippen molar-refractivity contribution in [1.82, 2.24) is 15.3 Å². The number of anilines is 3. The highest BCUT2D eigenvalue weighted by Gasteiger charge is 2.11. The molecule has 1 heterocycles. The number of aryl methyl sites for hydroxylation is 1. The molecule has 0 unspecified atom stereocenters. The number of nitrogens with zero attached hydrogens (tertiary/aromatic N) is 2. The van der Waals surface area contributed by atoms with E-state index in [0.717, 1.165) is 26.6 Å². The Morgan fingerprint density at radius 3 is 2.38 bits per heavy atom. The second-order valence-corrected chi connectivity index (χ2v) is 7.99. The predicted molar refractivity (Wildman–Crippen MR) is 129 cm³/mol. The molecule has 8 heteroatoms. The third-order valence-corrected chi connectivity index (χ3v) is 5.58. The summed E-state index contributed by atoms with van der Waals surface area (Å²) < 4.78 is 0.889. The maximum atomic E-state index is 12.7. The van der Waals surface area contributed by atoms with E-state index in [0.29, 0.717) is 22.8 Å². The molecule has 160 valence electrons. The van der Waals surface area contributed by atoms with E-state index >= 15 is 0 Å². The van der Waals surface area contributed by atoms with Crippen LogP contribution in [0.4, 0.5) is 17.3 Å². The van der Waals surface area contributed by atoms with Crippen molar-refractivity contribution < 1.29 is 9.59 Å². The van der Waals surface area contributed by atoms with Gasteiger partial charge in [0.05, 0.1) is 5.52 Å². The van der Waals surface area contributed by atoms with Crippen molar-refractivity contribution in [2.45, 2.75) is 6.92 Å². The number of carbonyl (C=O) groups is 2. The summed E-state index contributed by atoms with van der Waals surface area (Å²) >= 11 is 3.52. The van der Waals surface area contributed by atoms with Crippen LogP contribution in [0.1, 0.15) is 26.3 Å². The van der Waals surface area contributed by atoms with Crippen LogP contribution in [0.5, 0.6) is 0 Å². The Kier molecular flexibility index (Phi) is 6.13. The summed E-state index contributed by atoms with van der Waals surface area (Å²) in [5, 5.41) is 9.61. The average molecular weight is 490 g/mol. The molecule has 3 N–H and O–H groups in total. The number of nitrogens with one attached hydrogen (secondary N) is 3. The first-order valence-corrected chi connectivity index (χ1v) is 10.7. The summed E-state index contributed by atoms with van der Waals surface area (Å²) in [6, 6.07) is 17.9. The van der Waals surface area contributed by atoms with Crippen LogP contribution in [0.15, 0.2) is 71.3 Å². The first kappa shape index (κ1) is 21.5. The minimum absolute atomic E-state index is 0.200. The molecule has 0 bridgehead atoms. The number of halogens is 1. The van der Waals surface area contributed by atoms with Gasteiger partial charge in [-0.2, -0.15) is 0 Å². The number of aromatic nitrogens is 2. The molecule has 0 fully saturated rings. The maximum Gasteiger partial charge on any atom is 0.255 e. The quantitative estimate of drug-likeness (QED) is 0.364. The second kappa shape index (κ2) is 9.15. The van der Waals surface area contributed by atoms with E-state index in [-0.39, 0.29) is 11.8 Å². The zero-order valence-corrected chi connectivity index (χ0v) is 19.0. The van der Waals surface area contributed by atoms with Gasteiger partial charge in [-0.05, 0) is 70.9 Å². The number of hydrogen-bond acceptors (Lipinski definition) is 5. The molecule has 0 atom stereocenters. The van der Waals surface area contributed by atoms with Gasteiger partial charge in [0, 0.05) is 45.6 Å². The lowest BCUT2D eigenvalue weighted by Crippen LogP contribution is -2.18. The molecule has 0 aliphatic rings. The van der Waals surface area contributed by atoms with Gasteiger partial charge in [0.15, 0.2) is 0 Å². The fourth-order valence-corrected chi connectivity index (χ4v) is 3.63. The second-order valence-electron chi connectivity index (χ2n) is 7.14. The van der Waals surface area contributed by atoms with Gasteiger partial charge >= 0.3 is 0 Å². The fourth-order valence-electron chi connectivity index (χ4n) is 3.16. The summed E-state index contributed by atoms with van der Waals surface area (Å²) in [7, 11) is 1.56. The molecular formula is C24H20BrN5O2. The highest BCUT2D eigenvalue weighted by atomic mass is 79.9. The number of fused-ring (bicyclic) bond motifs is 1. The third kappa shape index (κ3) is 4.60. The van der Waals surface area contributed by atoms with Crippen molar-refractivity contribution in [3.05, 3.63) is 88.0 Å². The molecule has 32 heavy (non-hydrogen) atoms. The Morgan fingerprint density at radius 1 is 0.938 bits per heavy atom. The van der Waals surface area contributed by atoms with Crippen LogP contribution in [0.2, 0.25) is 0 Å². The van der Waals surface area contributed by atoms with Crippen molar-refractivity contribution in [2.75, 3.05) is 17.7 Å². The minimum Gasteiger partial charge on any atom is -0.355 e. The van der Waals surface area contributed by atoms with Crippen molar-refractivity contribution in [3.8, 4) is 0 Å². The molecule has 4 aromatic rings. The van der Waals surface area contributed by atoms with Crippen LogP contribution < -0.4 is 16.0 Å². The Labute approximate surface area is 193 Å². The molecule has 3 aromatic carbocycles. The van der Waals surface area contributed by atoms with Gasteiger partial charge in [-0.3, -0.25) is 9.59 Å². The van der Waals surface area contributed by atoms with Crippen LogP contribution in [-0.4, -0.2) is 28.8 Å². The van der Waals surface area contributed by atoms with E-state index in [1.54, 1.807) is 37.5 Å². The Morgan fingerprint density at radius 2 is 1.66 bits per heavy atom. The first-order valence-electron chi connectivity index (χ1n) is 9.87. The number of hydrogen-bond donors (Lipinski definition) is 3. The van der Waals surface area contributed by atoms with Gasteiger partial charge in [0.1, 0.15) is 0 Å². The van der Waals surface area contributed by atoms with Gasteiger partial charge in [-0.1, -0.05) is 18.2 Å². The van der Waals surface area contributed by atoms with Gasteiger partial charge in [-0.25, -0.2) is 9.97 Å². The Balaban J connectivity index is 1.53. The molecule has 0 aliphatic carbocycles.